The molecular formula is C14H10F3NO2. The smallest absolute Gasteiger partial charge is 0.417 e. The highest BCUT2D eigenvalue weighted by molar-refractivity contribution is 5.97. The topological polar surface area (TPSA) is 39.2 Å². The van der Waals surface area contributed by atoms with E-state index in [-0.39, 0.29) is 16.7 Å². The first-order valence-electron chi connectivity index (χ1n) is 5.64. The SMILES string of the molecule is COC(=O)c1ccncc1-c1ccccc1C(F)(F)F. The number of nitrogens with zero attached hydrogens (tertiary/aromatic N) is 1. The van der Waals surface area contributed by atoms with Crippen molar-refractivity contribution in [3.63, 3.8) is 0 Å². The minimum absolute atomic E-state index is 0.0409. The second-order valence-corrected chi connectivity index (χ2v) is 3.96. The van der Waals surface area contributed by atoms with E-state index in [1.54, 1.807) is 0 Å². The van der Waals surface area contributed by atoms with Crippen LogP contribution >= 0.6 is 0 Å². The lowest BCUT2D eigenvalue weighted by Gasteiger charge is -2.14. The van der Waals surface area contributed by atoms with Gasteiger partial charge in [0.25, 0.3) is 0 Å². The summed E-state index contributed by atoms with van der Waals surface area (Å²) in [5.74, 6) is -0.709. The van der Waals surface area contributed by atoms with Gasteiger partial charge in [0.15, 0.2) is 0 Å². The Balaban J connectivity index is 2.67. The Morgan fingerprint density at radius 2 is 1.85 bits per heavy atom. The van der Waals surface area contributed by atoms with E-state index >= 15 is 0 Å². The molecule has 0 unspecified atom stereocenters. The number of alkyl halides is 3. The number of rotatable bonds is 2. The van der Waals surface area contributed by atoms with E-state index in [9.17, 15) is 18.0 Å². The second kappa shape index (κ2) is 5.32. The first-order chi connectivity index (χ1) is 9.45. The Kier molecular flexibility index (Phi) is 3.74. The first kappa shape index (κ1) is 14.0. The Morgan fingerprint density at radius 1 is 1.15 bits per heavy atom. The van der Waals surface area contributed by atoms with Crippen LogP contribution in [0.1, 0.15) is 15.9 Å². The molecule has 1 aromatic heterocycles. The number of halogens is 3. The third kappa shape index (κ3) is 2.64. The third-order valence-corrected chi connectivity index (χ3v) is 2.75. The summed E-state index contributed by atoms with van der Waals surface area (Å²) in [6.07, 6.45) is -1.97. The number of hydrogen-bond acceptors (Lipinski definition) is 3. The van der Waals surface area contributed by atoms with Gasteiger partial charge in [-0.05, 0) is 17.7 Å². The van der Waals surface area contributed by atoms with Gasteiger partial charge in [-0.3, -0.25) is 4.98 Å². The number of hydrogen-bond donors (Lipinski definition) is 0. The molecule has 2 rings (SSSR count). The highest BCUT2D eigenvalue weighted by atomic mass is 19.4. The predicted molar refractivity (Wildman–Crippen MR) is 66.0 cm³/mol. The lowest BCUT2D eigenvalue weighted by molar-refractivity contribution is -0.137. The van der Waals surface area contributed by atoms with Gasteiger partial charge >= 0.3 is 12.1 Å². The molecule has 6 heteroatoms. The summed E-state index contributed by atoms with van der Waals surface area (Å²) in [4.78, 5) is 15.4. The molecule has 104 valence electrons. The van der Waals surface area contributed by atoms with Crippen molar-refractivity contribution in [3.8, 4) is 11.1 Å². The normalized spacial score (nSPS) is 11.2. The van der Waals surface area contributed by atoms with Gasteiger partial charge in [0, 0.05) is 18.0 Å². The summed E-state index contributed by atoms with van der Waals surface area (Å²) >= 11 is 0. The number of benzene rings is 1. The molecular weight excluding hydrogens is 271 g/mol. The van der Waals surface area contributed by atoms with E-state index in [2.05, 4.69) is 9.72 Å². The van der Waals surface area contributed by atoms with Crippen molar-refractivity contribution in [2.45, 2.75) is 6.18 Å². The summed E-state index contributed by atoms with van der Waals surface area (Å²) in [5.41, 5.74) is -0.793. The number of esters is 1. The number of aromatic nitrogens is 1. The van der Waals surface area contributed by atoms with Crippen LogP contribution in [0.25, 0.3) is 11.1 Å². The summed E-state index contributed by atoms with van der Waals surface area (Å²) in [7, 11) is 1.17. The maximum absolute atomic E-state index is 13.0. The van der Waals surface area contributed by atoms with E-state index in [0.29, 0.717) is 0 Å². The lowest BCUT2D eigenvalue weighted by Crippen LogP contribution is -2.09. The van der Waals surface area contributed by atoms with Crippen LogP contribution in [0.5, 0.6) is 0 Å². The summed E-state index contributed by atoms with van der Waals surface area (Å²) < 4.78 is 43.6. The van der Waals surface area contributed by atoms with Crippen LogP contribution in [0.2, 0.25) is 0 Å². The average Bonchev–Trinajstić information content (AvgIpc) is 2.45. The van der Waals surface area contributed by atoms with Crippen LogP contribution in [0, 0.1) is 0 Å². The predicted octanol–water partition coefficient (Wildman–Crippen LogP) is 3.55. The molecule has 0 N–H and O–H groups in total. The fourth-order valence-corrected chi connectivity index (χ4v) is 1.86. The summed E-state index contributed by atoms with van der Waals surface area (Å²) in [6.45, 7) is 0. The number of carbonyl (C=O) groups excluding carboxylic acids is 1. The van der Waals surface area contributed by atoms with Crippen LogP contribution < -0.4 is 0 Å². The average molecular weight is 281 g/mol. The molecule has 0 radical (unpaired) electrons. The van der Waals surface area contributed by atoms with Gasteiger partial charge in [0.2, 0.25) is 0 Å². The Morgan fingerprint density at radius 3 is 2.50 bits per heavy atom. The van der Waals surface area contributed by atoms with Gasteiger partial charge in [0.05, 0.1) is 18.2 Å². The zero-order valence-electron chi connectivity index (χ0n) is 10.4. The Labute approximate surface area is 113 Å². The van der Waals surface area contributed by atoms with Crippen molar-refractivity contribution >= 4 is 5.97 Å². The molecule has 2 aromatic rings. The fourth-order valence-electron chi connectivity index (χ4n) is 1.86. The van der Waals surface area contributed by atoms with Gasteiger partial charge in [0.1, 0.15) is 0 Å². The lowest BCUT2D eigenvalue weighted by atomic mass is 9.97. The molecule has 0 aliphatic rings. The zero-order chi connectivity index (χ0) is 14.8. The standard InChI is InChI=1S/C14H10F3NO2/c1-20-13(19)10-6-7-18-8-11(10)9-4-2-3-5-12(9)14(15,16)17/h2-8H,1H3. The van der Waals surface area contributed by atoms with Crippen LogP contribution in [0.15, 0.2) is 42.7 Å². The van der Waals surface area contributed by atoms with Crippen molar-refractivity contribution in [1.29, 1.82) is 0 Å². The maximum atomic E-state index is 13.0. The van der Waals surface area contributed by atoms with E-state index in [1.807, 2.05) is 0 Å². The molecule has 20 heavy (non-hydrogen) atoms. The van der Waals surface area contributed by atoms with Crippen LogP contribution in [-0.4, -0.2) is 18.1 Å². The van der Waals surface area contributed by atoms with Gasteiger partial charge in [-0.25, -0.2) is 4.79 Å². The van der Waals surface area contributed by atoms with Crippen LogP contribution in [-0.2, 0) is 10.9 Å². The van der Waals surface area contributed by atoms with E-state index in [4.69, 9.17) is 0 Å². The zero-order valence-corrected chi connectivity index (χ0v) is 10.4. The molecule has 0 saturated carbocycles. The molecule has 0 bridgehead atoms. The van der Waals surface area contributed by atoms with Gasteiger partial charge in [-0.1, -0.05) is 18.2 Å². The number of carbonyl (C=O) groups is 1. The minimum Gasteiger partial charge on any atom is -0.465 e. The first-order valence-corrected chi connectivity index (χ1v) is 5.64. The summed E-state index contributed by atoms with van der Waals surface area (Å²) in [5, 5.41) is 0. The minimum atomic E-state index is -4.51. The van der Waals surface area contributed by atoms with Crippen molar-refractivity contribution < 1.29 is 22.7 Å². The molecule has 1 heterocycles. The molecule has 0 aliphatic heterocycles. The van der Waals surface area contributed by atoms with Crippen molar-refractivity contribution in [3.05, 3.63) is 53.9 Å². The maximum Gasteiger partial charge on any atom is 0.417 e. The van der Waals surface area contributed by atoms with E-state index < -0.39 is 17.7 Å². The molecule has 0 spiro atoms. The van der Waals surface area contributed by atoms with Crippen molar-refractivity contribution in [1.82, 2.24) is 4.98 Å². The quantitative estimate of drug-likeness (QED) is 0.790. The molecule has 0 fully saturated rings. The number of ether oxygens (including phenoxy) is 1. The number of methoxy groups -OCH3 is 1. The monoisotopic (exact) mass is 281 g/mol. The molecule has 0 atom stereocenters. The molecule has 1 aromatic carbocycles. The molecule has 3 nitrogen and oxygen atoms in total. The highest BCUT2D eigenvalue weighted by Gasteiger charge is 2.34. The van der Waals surface area contributed by atoms with Gasteiger partial charge in [-0.15, -0.1) is 0 Å². The van der Waals surface area contributed by atoms with E-state index in [0.717, 1.165) is 6.07 Å². The molecule has 0 aliphatic carbocycles. The third-order valence-electron chi connectivity index (χ3n) is 2.75. The number of pyridine rings is 1. The Hall–Kier alpha value is -2.37. The van der Waals surface area contributed by atoms with Gasteiger partial charge < -0.3 is 4.74 Å². The molecule has 0 amide bonds. The van der Waals surface area contributed by atoms with Gasteiger partial charge in [-0.2, -0.15) is 13.2 Å². The van der Waals surface area contributed by atoms with Crippen LogP contribution in [0.4, 0.5) is 13.2 Å². The fraction of sp³-hybridized carbons (Fsp3) is 0.143. The molecule has 0 saturated heterocycles. The van der Waals surface area contributed by atoms with E-state index in [1.165, 1.54) is 43.8 Å². The van der Waals surface area contributed by atoms with Crippen molar-refractivity contribution in [2.75, 3.05) is 7.11 Å². The van der Waals surface area contributed by atoms with Crippen LogP contribution in [0.3, 0.4) is 0 Å². The highest BCUT2D eigenvalue weighted by Crippen LogP contribution is 2.37. The summed E-state index contributed by atoms with van der Waals surface area (Å²) in [6, 6.07) is 6.35. The second-order valence-electron chi connectivity index (χ2n) is 3.96. The van der Waals surface area contributed by atoms with Crippen molar-refractivity contribution in [2.24, 2.45) is 0 Å². The Bertz CT molecular complexity index is 638. The largest absolute Gasteiger partial charge is 0.465 e.